The highest BCUT2D eigenvalue weighted by Crippen LogP contribution is 2.63. The lowest BCUT2D eigenvalue weighted by Crippen LogP contribution is -2.26. The van der Waals surface area contributed by atoms with E-state index in [9.17, 15) is 0 Å². The Labute approximate surface area is 354 Å². The maximum Gasteiger partial charge on any atom is 0.143 e. The predicted octanol–water partition coefficient (Wildman–Crippen LogP) is 15.9. The zero-order valence-electron chi connectivity index (χ0n) is 33.2. The highest BCUT2D eigenvalue weighted by molar-refractivity contribution is 6.20. The van der Waals surface area contributed by atoms with Gasteiger partial charge in [-0.25, -0.2) is 0 Å². The molecule has 0 radical (unpaired) electrons. The molecule has 13 rings (SSSR count). The molecule has 0 N–H and O–H groups in total. The highest BCUT2D eigenvalue weighted by Gasteiger charge is 2.51. The van der Waals surface area contributed by atoms with Gasteiger partial charge in [-0.3, -0.25) is 0 Å². The second-order valence-electron chi connectivity index (χ2n) is 16.4. The summed E-state index contributed by atoms with van der Waals surface area (Å²) in [6.07, 6.45) is 0. The van der Waals surface area contributed by atoms with Crippen LogP contribution in [-0.4, -0.2) is 0 Å². The summed E-state index contributed by atoms with van der Waals surface area (Å²) in [6, 6.07) is 82.3. The fraction of sp³-hybridized carbons (Fsp3) is 0.0169. The molecule has 0 fully saturated rings. The Morgan fingerprint density at radius 2 is 0.836 bits per heavy atom. The molecule has 0 aliphatic heterocycles. The minimum Gasteiger partial charge on any atom is -0.455 e. The Hall–Kier alpha value is -7.94. The van der Waals surface area contributed by atoms with Gasteiger partial charge in [0.1, 0.15) is 11.2 Å². The summed E-state index contributed by atoms with van der Waals surface area (Å²) in [5, 5.41) is 4.40. The van der Waals surface area contributed by atoms with Crippen molar-refractivity contribution in [2.45, 2.75) is 5.41 Å². The normalized spacial score (nSPS) is 13.0. The molecular weight excluding hydrogens is 739 g/mol. The molecule has 2 aliphatic rings. The van der Waals surface area contributed by atoms with Crippen LogP contribution in [0.15, 0.2) is 229 Å². The van der Waals surface area contributed by atoms with Crippen molar-refractivity contribution >= 4 is 49.8 Å². The van der Waals surface area contributed by atoms with E-state index < -0.39 is 5.41 Å². The first kappa shape index (κ1) is 34.0. The molecule has 0 amide bonds. The molecule has 0 atom stereocenters. The zero-order valence-corrected chi connectivity index (χ0v) is 33.2. The van der Waals surface area contributed by atoms with Crippen LogP contribution < -0.4 is 4.90 Å². The number of fused-ring (bicyclic) bond motifs is 15. The van der Waals surface area contributed by atoms with Crippen molar-refractivity contribution in [3.8, 4) is 44.5 Å². The molecule has 2 aliphatic carbocycles. The molecule has 284 valence electrons. The van der Waals surface area contributed by atoms with Gasteiger partial charge in [0.25, 0.3) is 0 Å². The van der Waals surface area contributed by atoms with Gasteiger partial charge >= 0.3 is 0 Å². The third kappa shape index (κ3) is 4.85. The number of rotatable bonds is 5. The molecule has 0 saturated heterocycles. The molecule has 0 bridgehead atoms. The quantitative estimate of drug-likeness (QED) is 0.173. The largest absolute Gasteiger partial charge is 0.455 e. The summed E-state index contributed by atoms with van der Waals surface area (Å²) < 4.78 is 6.79. The van der Waals surface area contributed by atoms with Gasteiger partial charge < -0.3 is 9.32 Å². The van der Waals surface area contributed by atoms with Crippen LogP contribution >= 0.6 is 0 Å². The maximum absolute atomic E-state index is 6.79. The monoisotopic (exact) mass is 775 g/mol. The van der Waals surface area contributed by atoms with Gasteiger partial charge in [0.05, 0.1) is 11.1 Å². The highest BCUT2D eigenvalue weighted by atomic mass is 16.3. The first-order chi connectivity index (χ1) is 30.3. The standard InChI is InChI=1S/C59H37NO/c1-3-16-38(17-4-1)40-20-15-21-42(34-40)60(56-37-51-50-35-41(39-18-5-2-6-19-39)30-33-57(50)61-58(51)49-26-8-7-25-48(49)56)43-31-32-47-46-24-11-14-29-54(46)59(55(47)36-43)52-27-12-9-22-44(52)45-23-10-13-28-53(45)59/h1-37H. The summed E-state index contributed by atoms with van der Waals surface area (Å²) in [7, 11) is 0. The average Bonchev–Trinajstić information content (AvgIpc) is 3.96. The summed E-state index contributed by atoms with van der Waals surface area (Å²) in [4.78, 5) is 2.48. The van der Waals surface area contributed by atoms with Crippen LogP contribution in [0.25, 0.3) is 77.2 Å². The van der Waals surface area contributed by atoms with E-state index in [1.54, 1.807) is 0 Å². The lowest BCUT2D eigenvalue weighted by atomic mass is 9.70. The number of hydrogen-bond acceptors (Lipinski definition) is 2. The van der Waals surface area contributed by atoms with Gasteiger partial charge in [0, 0.05) is 32.9 Å². The Morgan fingerprint density at radius 1 is 0.311 bits per heavy atom. The van der Waals surface area contributed by atoms with Crippen molar-refractivity contribution in [1.82, 2.24) is 0 Å². The van der Waals surface area contributed by atoms with Crippen LogP contribution in [0, 0.1) is 0 Å². The van der Waals surface area contributed by atoms with Gasteiger partial charge in [-0.05, 0) is 109 Å². The number of hydrogen-bond donors (Lipinski definition) is 0. The van der Waals surface area contributed by atoms with Crippen molar-refractivity contribution in [2.75, 3.05) is 4.90 Å². The Morgan fingerprint density at radius 3 is 1.49 bits per heavy atom. The number of nitrogens with zero attached hydrogens (tertiary/aromatic N) is 1. The first-order valence-electron chi connectivity index (χ1n) is 21.1. The van der Waals surface area contributed by atoms with E-state index in [2.05, 4.69) is 229 Å². The van der Waals surface area contributed by atoms with Crippen LogP contribution in [0.5, 0.6) is 0 Å². The van der Waals surface area contributed by atoms with Gasteiger partial charge in [0.15, 0.2) is 0 Å². The molecule has 0 saturated carbocycles. The van der Waals surface area contributed by atoms with E-state index in [0.29, 0.717) is 0 Å². The molecule has 1 spiro atoms. The average molecular weight is 776 g/mol. The first-order valence-corrected chi connectivity index (χ1v) is 21.1. The molecule has 61 heavy (non-hydrogen) atoms. The molecule has 1 heterocycles. The minimum absolute atomic E-state index is 0.465. The van der Waals surface area contributed by atoms with E-state index in [4.69, 9.17) is 4.42 Å². The summed E-state index contributed by atoms with van der Waals surface area (Å²) >= 11 is 0. The maximum atomic E-state index is 6.79. The zero-order chi connectivity index (χ0) is 40.1. The van der Waals surface area contributed by atoms with Crippen molar-refractivity contribution < 1.29 is 4.42 Å². The van der Waals surface area contributed by atoms with Gasteiger partial charge in [0.2, 0.25) is 0 Å². The Bertz CT molecular complexity index is 3480. The van der Waals surface area contributed by atoms with Crippen LogP contribution in [0.3, 0.4) is 0 Å². The van der Waals surface area contributed by atoms with Crippen molar-refractivity contribution in [2.24, 2.45) is 0 Å². The van der Waals surface area contributed by atoms with Crippen molar-refractivity contribution in [1.29, 1.82) is 0 Å². The number of furan rings is 1. The van der Waals surface area contributed by atoms with E-state index in [0.717, 1.165) is 49.8 Å². The van der Waals surface area contributed by atoms with Gasteiger partial charge in [-0.15, -0.1) is 0 Å². The van der Waals surface area contributed by atoms with Crippen LogP contribution in [0.4, 0.5) is 17.1 Å². The topological polar surface area (TPSA) is 16.4 Å². The van der Waals surface area contributed by atoms with Gasteiger partial charge in [-0.1, -0.05) is 182 Å². The third-order valence-electron chi connectivity index (χ3n) is 13.3. The van der Waals surface area contributed by atoms with E-state index in [1.807, 2.05) is 0 Å². The minimum atomic E-state index is -0.465. The van der Waals surface area contributed by atoms with Crippen LogP contribution in [-0.2, 0) is 5.41 Å². The second-order valence-corrected chi connectivity index (χ2v) is 16.4. The summed E-state index contributed by atoms with van der Waals surface area (Å²) in [6.45, 7) is 0. The molecule has 2 heteroatoms. The molecular formula is C59H37NO. The molecule has 2 nitrogen and oxygen atoms in total. The number of anilines is 3. The Kier molecular flexibility index (Phi) is 7.26. The second kappa shape index (κ2) is 13.0. The third-order valence-corrected chi connectivity index (χ3v) is 13.3. The van der Waals surface area contributed by atoms with Crippen LogP contribution in [0.1, 0.15) is 22.3 Å². The fourth-order valence-electron chi connectivity index (χ4n) is 10.7. The van der Waals surface area contributed by atoms with Gasteiger partial charge in [-0.2, -0.15) is 0 Å². The summed E-state index contributed by atoms with van der Waals surface area (Å²) in [5.41, 5.74) is 19.8. The van der Waals surface area contributed by atoms with Crippen molar-refractivity contribution in [3.05, 3.63) is 247 Å². The van der Waals surface area contributed by atoms with Crippen molar-refractivity contribution in [3.63, 3.8) is 0 Å². The van der Waals surface area contributed by atoms with E-state index in [1.165, 1.54) is 66.8 Å². The lowest BCUT2D eigenvalue weighted by molar-refractivity contribution is 0.672. The lowest BCUT2D eigenvalue weighted by Gasteiger charge is -2.32. The molecule has 11 aromatic rings. The Balaban J connectivity index is 1.11. The van der Waals surface area contributed by atoms with E-state index >= 15 is 0 Å². The smallest absolute Gasteiger partial charge is 0.143 e. The van der Waals surface area contributed by atoms with Crippen LogP contribution in [0.2, 0.25) is 0 Å². The fourth-order valence-corrected chi connectivity index (χ4v) is 10.7. The van der Waals surface area contributed by atoms with E-state index in [-0.39, 0.29) is 0 Å². The predicted molar refractivity (Wildman–Crippen MR) is 253 cm³/mol. The molecule has 0 unspecified atom stereocenters. The number of benzene rings is 10. The SMILES string of the molecule is c1ccc(-c2cccc(N(c3ccc4c(c3)C3(c5ccccc5-c5ccccc53)c3ccccc3-4)c3cc4c5cc(-c6ccccc6)ccc5oc4c4ccccc34)c2)cc1. The molecule has 10 aromatic carbocycles. The summed E-state index contributed by atoms with van der Waals surface area (Å²) in [5.74, 6) is 0. The molecule has 1 aromatic heterocycles.